The third kappa shape index (κ3) is 4.84. The van der Waals surface area contributed by atoms with Gasteiger partial charge in [-0.25, -0.2) is 22.7 Å². The zero-order valence-electron chi connectivity index (χ0n) is 10.4. The van der Waals surface area contributed by atoms with E-state index in [0.29, 0.717) is 6.54 Å². The molecule has 0 aliphatic rings. The van der Waals surface area contributed by atoms with E-state index in [9.17, 15) is 17.6 Å². The number of sulfonamides is 1. The summed E-state index contributed by atoms with van der Waals surface area (Å²) < 4.78 is 35.6. The topological polar surface area (TPSA) is 101 Å². The normalized spacial score (nSPS) is 11.1. The van der Waals surface area contributed by atoms with Crippen LogP contribution in [0.1, 0.15) is 19.8 Å². The number of benzene rings is 1. The molecule has 8 heteroatoms. The molecule has 0 saturated carbocycles. The maximum atomic E-state index is 13.6. The van der Waals surface area contributed by atoms with Crippen molar-refractivity contribution in [1.82, 2.24) is 5.32 Å². The minimum atomic E-state index is -3.96. The fourth-order valence-corrected chi connectivity index (χ4v) is 1.84. The molecule has 1 aromatic carbocycles. The van der Waals surface area contributed by atoms with Crippen molar-refractivity contribution < 1.29 is 17.6 Å². The summed E-state index contributed by atoms with van der Waals surface area (Å²) in [6, 6.07) is 2.49. The van der Waals surface area contributed by atoms with Gasteiger partial charge in [-0.1, -0.05) is 13.3 Å². The van der Waals surface area contributed by atoms with Crippen molar-refractivity contribution in [3.8, 4) is 0 Å². The second kappa shape index (κ2) is 6.48. The molecule has 4 N–H and O–H groups in total. The number of nitrogens with two attached hydrogens (primary N) is 1. The summed E-state index contributed by atoms with van der Waals surface area (Å²) >= 11 is 0. The first-order chi connectivity index (χ1) is 8.84. The van der Waals surface area contributed by atoms with E-state index < -0.39 is 21.9 Å². The molecule has 19 heavy (non-hydrogen) atoms. The number of amides is 2. The van der Waals surface area contributed by atoms with Gasteiger partial charge in [-0.05, 0) is 24.6 Å². The molecule has 0 heterocycles. The molecule has 0 atom stereocenters. The van der Waals surface area contributed by atoms with Crippen molar-refractivity contribution in [2.45, 2.75) is 24.7 Å². The van der Waals surface area contributed by atoms with Crippen LogP contribution in [0.4, 0.5) is 14.9 Å². The monoisotopic (exact) mass is 289 g/mol. The van der Waals surface area contributed by atoms with E-state index in [4.69, 9.17) is 5.14 Å². The molecular weight excluding hydrogens is 273 g/mol. The largest absolute Gasteiger partial charge is 0.338 e. The first kappa shape index (κ1) is 15.4. The third-order valence-electron chi connectivity index (χ3n) is 2.33. The lowest BCUT2D eigenvalue weighted by Gasteiger charge is -2.08. The molecule has 1 aromatic rings. The Balaban J connectivity index is 2.73. The van der Waals surface area contributed by atoms with E-state index >= 15 is 0 Å². The summed E-state index contributed by atoms with van der Waals surface area (Å²) in [5.41, 5.74) is -0.110. The lowest BCUT2D eigenvalue weighted by atomic mass is 10.3. The molecule has 0 bridgehead atoms. The van der Waals surface area contributed by atoms with Crippen molar-refractivity contribution in [3.05, 3.63) is 24.0 Å². The van der Waals surface area contributed by atoms with Crippen LogP contribution >= 0.6 is 0 Å². The van der Waals surface area contributed by atoms with E-state index in [1.807, 2.05) is 6.92 Å². The minimum Gasteiger partial charge on any atom is -0.338 e. The number of hydrogen-bond donors (Lipinski definition) is 3. The smallest absolute Gasteiger partial charge is 0.319 e. The van der Waals surface area contributed by atoms with Crippen molar-refractivity contribution in [1.29, 1.82) is 0 Å². The van der Waals surface area contributed by atoms with Crippen LogP contribution in [0.2, 0.25) is 0 Å². The Labute approximate surface area is 111 Å². The second-order valence-corrected chi connectivity index (χ2v) is 5.48. The molecule has 1 rings (SSSR count). The van der Waals surface area contributed by atoms with Gasteiger partial charge in [0.2, 0.25) is 10.0 Å². The highest BCUT2D eigenvalue weighted by atomic mass is 32.2. The fraction of sp³-hybridized carbons (Fsp3) is 0.364. The second-order valence-electron chi connectivity index (χ2n) is 3.92. The van der Waals surface area contributed by atoms with Gasteiger partial charge in [0.25, 0.3) is 0 Å². The SMILES string of the molecule is CCCCNC(=O)Nc1ccc(S(N)(=O)=O)cc1F. The molecule has 106 valence electrons. The highest BCUT2D eigenvalue weighted by molar-refractivity contribution is 7.89. The summed E-state index contributed by atoms with van der Waals surface area (Å²) in [5.74, 6) is -0.864. The van der Waals surface area contributed by atoms with E-state index in [0.717, 1.165) is 31.0 Å². The number of unbranched alkanes of at least 4 members (excludes halogenated alkanes) is 1. The van der Waals surface area contributed by atoms with Gasteiger partial charge in [0.05, 0.1) is 10.6 Å². The van der Waals surface area contributed by atoms with E-state index in [2.05, 4.69) is 10.6 Å². The number of hydrogen-bond acceptors (Lipinski definition) is 3. The molecule has 2 amide bonds. The molecule has 0 radical (unpaired) electrons. The standard InChI is InChI=1S/C11H16FN3O3S/c1-2-3-6-14-11(16)15-10-5-4-8(7-9(10)12)19(13,17)18/h4-5,7H,2-3,6H2,1H3,(H2,13,17,18)(H2,14,15,16). The average Bonchev–Trinajstić information content (AvgIpc) is 2.31. The molecule has 0 aliphatic heterocycles. The van der Waals surface area contributed by atoms with E-state index in [1.165, 1.54) is 0 Å². The zero-order chi connectivity index (χ0) is 14.5. The molecule has 0 spiro atoms. The molecule has 0 saturated heterocycles. The Morgan fingerprint density at radius 1 is 1.42 bits per heavy atom. The van der Waals surface area contributed by atoms with Crippen LogP contribution in [0, 0.1) is 5.82 Å². The summed E-state index contributed by atoms with van der Waals surface area (Å²) in [5, 5.41) is 9.70. The average molecular weight is 289 g/mol. The zero-order valence-corrected chi connectivity index (χ0v) is 11.3. The molecular formula is C11H16FN3O3S. The lowest BCUT2D eigenvalue weighted by molar-refractivity contribution is 0.252. The highest BCUT2D eigenvalue weighted by Gasteiger charge is 2.12. The Bertz CT molecular complexity index is 560. The number of carbonyl (C=O) groups is 1. The van der Waals surface area contributed by atoms with Gasteiger partial charge >= 0.3 is 6.03 Å². The predicted octanol–water partition coefficient (Wildman–Crippen LogP) is 1.39. The number of urea groups is 1. The van der Waals surface area contributed by atoms with Crippen LogP contribution in [-0.2, 0) is 10.0 Å². The molecule has 0 unspecified atom stereocenters. The first-order valence-corrected chi connectivity index (χ1v) is 7.26. The molecule has 0 aromatic heterocycles. The summed E-state index contributed by atoms with van der Waals surface area (Å²) in [7, 11) is -3.96. The number of carbonyl (C=O) groups excluding carboxylic acids is 1. The van der Waals surface area contributed by atoms with Crippen molar-refractivity contribution in [2.75, 3.05) is 11.9 Å². The fourth-order valence-electron chi connectivity index (χ4n) is 1.32. The van der Waals surface area contributed by atoms with Crippen molar-refractivity contribution >= 4 is 21.7 Å². The number of rotatable bonds is 5. The Hall–Kier alpha value is -1.67. The third-order valence-corrected chi connectivity index (χ3v) is 3.24. The van der Waals surface area contributed by atoms with Gasteiger partial charge < -0.3 is 10.6 Å². The van der Waals surface area contributed by atoms with Gasteiger partial charge in [-0.2, -0.15) is 0 Å². The summed E-state index contributed by atoms with van der Waals surface area (Å²) in [4.78, 5) is 11.0. The van der Waals surface area contributed by atoms with Gasteiger partial charge in [-0.3, -0.25) is 0 Å². The quantitative estimate of drug-likeness (QED) is 0.714. The summed E-state index contributed by atoms with van der Waals surface area (Å²) in [6.45, 7) is 2.46. The molecule has 0 aliphatic carbocycles. The van der Waals surface area contributed by atoms with Gasteiger partial charge in [0, 0.05) is 6.54 Å². The number of primary sulfonamides is 1. The maximum absolute atomic E-state index is 13.6. The predicted molar refractivity (Wildman–Crippen MR) is 69.7 cm³/mol. The number of anilines is 1. The first-order valence-electron chi connectivity index (χ1n) is 5.71. The Morgan fingerprint density at radius 3 is 2.63 bits per heavy atom. The van der Waals surface area contributed by atoms with Crippen molar-refractivity contribution in [3.63, 3.8) is 0 Å². The van der Waals surface area contributed by atoms with Gasteiger partial charge in [-0.15, -0.1) is 0 Å². The van der Waals surface area contributed by atoms with Crippen LogP contribution in [0.15, 0.2) is 23.1 Å². The summed E-state index contributed by atoms with van der Waals surface area (Å²) in [6.07, 6.45) is 1.75. The van der Waals surface area contributed by atoms with E-state index in [-0.39, 0.29) is 10.6 Å². The Morgan fingerprint density at radius 2 is 2.11 bits per heavy atom. The van der Waals surface area contributed by atoms with Crippen LogP contribution in [0.3, 0.4) is 0 Å². The number of nitrogens with one attached hydrogen (secondary N) is 2. The Kier molecular flexibility index (Phi) is 5.25. The van der Waals surface area contributed by atoms with Crippen LogP contribution in [0.5, 0.6) is 0 Å². The van der Waals surface area contributed by atoms with Crippen LogP contribution < -0.4 is 15.8 Å². The van der Waals surface area contributed by atoms with Crippen LogP contribution in [-0.4, -0.2) is 21.0 Å². The minimum absolute atomic E-state index is 0.110. The van der Waals surface area contributed by atoms with Crippen LogP contribution in [0.25, 0.3) is 0 Å². The molecule has 0 fully saturated rings. The highest BCUT2D eigenvalue weighted by Crippen LogP contribution is 2.17. The number of halogens is 1. The maximum Gasteiger partial charge on any atom is 0.319 e. The van der Waals surface area contributed by atoms with Crippen molar-refractivity contribution in [2.24, 2.45) is 5.14 Å². The van der Waals surface area contributed by atoms with E-state index in [1.54, 1.807) is 0 Å². The lowest BCUT2D eigenvalue weighted by Crippen LogP contribution is -2.29. The van der Waals surface area contributed by atoms with Gasteiger partial charge in [0.15, 0.2) is 0 Å². The van der Waals surface area contributed by atoms with Gasteiger partial charge in [0.1, 0.15) is 5.82 Å². The molecule has 6 nitrogen and oxygen atoms in total.